The number of nitrogens with zero attached hydrogens (tertiary/aromatic N) is 2. The number of benzene rings is 2. The maximum absolute atomic E-state index is 6.34. The van der Waals surface area contributed by atoms with Crippen LogP contribution in [-0.2, 0) is 0 Å². The van der Waals surface area contributed by atoms with Crippen molar-refractivity contribution in [3.8, 4) is 17.1 Å². The number of halogens is 3. The second kappa shape index (κ2) is 6.55. The summed E-state index contributed by atoms with van der Waals surface area (Å²) in [5.41, 5.74) is 1.81. The zero-order chi connectivity index (χ0) is 15.7. The van der Waals surface area contributed by atoms with Crippen LogP contribution in [-0.4, -0.2) is 15.8 Å². The topological polar surface area (TPSA) is 17.8 Å². The molecule has 2 nitrogen and oxygen atoms in total. The maximum Gasteiger partial charge on any atom is 0.146 e. The summed E-state index contributed by atoms with van der Waals surface area (Å²) >= 11 is 19.9. The van der Waals surface area contributed by atoms with E-state index in [0.717, 1.165) is 22.1 Å². The standard InChI is InChI=1S/C16H11Cl3N2S/c1-22-15-9-20-16(13-7-4-11(18)8-14(13)19)21(15)12-5-2-10(17)3-6-12/h2-9H,1H3. The molecular weight excluding hydrogens is 359 g/mol. The van der Waals surface area contributed by atoms with Crippen LogP contribution < -0.4 is 0 Å². The normalized spacial score (nSPS) is 10.9. The summed E-state index contributed by atoms with van der Waals surface area (Å²) in [4.78, 5) is 4.53. The van der Waals surface area contributed by atoms with E-state index >= 15 is 0 Å². The minimum atomic E-state index is 0.570. The molecule has 22 heavy (non-hydrogen) atoms. The fourth-order valence-electron chi connectivity index (χ4n) is 2.18. The third-order valence-electron chi connectivity index (χ3n) is 3.20. The van der Waals surface area contributed by atoms with Crippen LogP contribution in [0.4, 0.5) is 0 Å². The number of thioether (sulfide) groups is 1. The molecule has 0 fully saturated rings. The van der Waals surface area contributed by atoms with Crippen LogP contribution >= 0.6 is 46.6 Å². The van der Waals surface area contributed by atoms with E-state index in [2.05, 4.69) is 9.55 Å². The average Bonchev–Trinajstić information content (AvgIpc) is 2.92. The Bertz CT molecular complexity index is 813. The number of aromatic nitrogens is 2. The third-order valence-corrected chi connectivity index (χ3v) is 4.70. The van der Waals surface area contributed by atoms with E-state index in [0.29, 0.717) is 15.1 Å². The Morgan fingerprint density at radius 1 is 0.955 bits per heavy atom. The first-order valence-electron chi connectivity index (χ1n) is 6.43. The Morgan fingerprint density at radius 2 is 1.64 bits per heavy atom. The summed E-state index contributed by atoms with van der Waals surface area (Å²) in [5.74, 6) is 0.772. The van der Waals surface area contributed by atoms with Gasteiger partial charge in [0.15, 0.2) is 0 Å². The zero-order valence-electron chi connectivity index (χ0n) is 11.6. The van der Waals surface area contributed by atoms with Gasteiger partial charge < -0.3 is 0 Å². The van der Waals surface area contributed by atoms with Gasteiger partial charge in [-0.2, -0.15) is 0 Å². The van der Waals surface area contributed by atoms with Gasteiger partial charge in [-0.25, -0.2) is 4.98 Å². The Labute approximate surface area is 148 Å². The van der Waals surface area contributed by atoms with Crippen LogP contribution in [0.15, 0.2) is 53.7 Å². The maximum atomic E-state index is 6.34. The molecule has 0 aliphatic rings. The SMILES string of the molecule is CSc1cnc(-c2ccc(Cl)cc2Cl)n1-c1ccc(Cl)cc1. The van der Waals surface area contributed by atoms with E-state index in [1.54, 1.807) is 17.8 Å². The van der Waals surface area contributed by atoms with Gasteiger partial charge in [0.25, 0.3) is 0 Å². The molecule has 0 atom stereocenters. The van der Waals surface area contributed by atoms with Crippen molar-refractivity contribution in [1.82, 2.24) is 9.55 Å². The monoisotopic (exact) mass is 368 g/mol. The van der Waals surface area contributed by atoms with Crippen molar-refractivity contribution < 1.29 is 0 Å². The Balaban J connectivity index is 2.21. The summed E-state index contributed by atoms with van der Waals surface area (Å²) in [5, 5.41) is 2.88. The summed E-state index contributed by atoms with van der Waals surface area (Å²) in [6.45, 7) is 0. The predicted octanol–water partition coefficient (Wildman–Crippen LogP) is 6.22. The van der Waals surface area contributed by atoms with Crippen molar-refractivity contribution in [3.05, 3.63) is 63.7 Å². The van der Waals surface area contributed by atoms with Gasteiger partial charge in [0.2, 0.25) is 0 Å². The summed E-state index contributed by atoms with van der Waals surface area (Å²) in [6.07, 6.45) is 3.84. The molecule has 6 heteroatoms. The van der Waals surface area contributed by atoms with Gasteiger partial charge in [-0.1, -0.05) is 34.8 Å². The largest absolute Gasteiger partial charge is 0.287 e. The quantitative estimate of drug-likeness (QED) is 0.510. The van der Waals surface area contributed by atoms with Gasteiger partial charge in [0.1, 0.15) is 5.82 Å². The van der Waals surface area contributed by atoms with Crippen molar-refractivity contribution in [3.63, 3.8) is 0 Å². The van der Waals surface area contributed by atoms with E-state index < -0.39 is 0 Å². The first-order valence-corrected chi connectivity index (χ1v) is 8.79. The van der Waals surface area contributed by atoms with Gasteiger partial charge in [-0.3, -0.25) is 4.57 Å². The van der Waals surface area contributed by atoms with E-state index in [9.17, 15) is 0 Å². The molecular formula is C16H11Cl3N2S. The Morgan fingerprint density at radius 3 is 2.27 bits per heavy atom. The molecule has 0 bridgehead atoms. The van der Waals surface area contributed by atoms with E-state index in [-0.39, 0.29) is 0 Å². The molecule has 3 rings (SSSR count). The van der Waals surface area contributed by atoms with Gasteiger partial charge in [-0.15, -0.1) is 11.8 Å². The number of hydrogen-bond acceptors (Lipinski definition) is 2. The second-order valence-corrected chi connectivity index (χ2v) is 6.67. The number of rotatable bonds is 3. The molecule has 0 saturated carbocycles. The van der Waals surface area contributed by atoms with E-state index in [4.69, 9.17) is 34.8 Å². The Hall–Kier alpha value is -1.13. The van der Waals surface area contributed by atoms with Crippen molar-refractivity contribution in [1.29, 1.82) is 0 Å². The van der Waals surface area contributed by atoms with Crippen LogP contribution in [0, 0.1) is 0 Å². The van der Waals surface area contributed by atoms with Crippen LogP contribution in [0.3, 0.4) is 0 Å². The van der Waals surface area contributed by atoms with Gasteiger partial charge >= 0.3 is 0 Å². The first-order chi connectivity index (χ1) is 10.6. The lowest BCUT2D eigenvalue weighted by Crippen LogP contribution is -1.99. The second-order valence-electron chi connectivity index (χ2n) is 4.56. The first kappa shape index (κ1) is 15.8. The van der Waals surface area contributed by atoms with Gasteiger partial charge in [0, 0.05) is 21.3 Å². The van der Waals surface area contributed by atoms with Gasteiger partial charge in [-0.05, 0) is 48.7 Å². The average molecular weight is 370 g/mol. The lowest BCUT2D eigenvalue weighted by Gasteiger charge is -2.12. The Kier molecular flexibility index (Phi) is 4.69. The van der Waals surface area contributed by atoms with E-state index in [1.807, 2.05) is 48.9 Å². The molecule has 0 aliphatic carbocycles. The lowest BCUT2D eigenvalue weighted by atomic mass is 10.2. The molecule has 2 aromatic carbocycles. The van der Waals surface area contributed by atoms with Crippen LogP contribution in [0.2, 0.25) is 15.1 Å². The van der Waals surface area contributed by atoms with Crippen LogP contribution in [0.1, 0.15) is 0 Å². The molecule has 0 N–H and O–H groups in total. The molecule has 0 saturated heterocycles. The fraction of sp³-hybridized carbons (Fsp3) is 0.0625. The molecule has 0 aliphatic heterocycles. The molecule has 112 valence electrons. The lowest BCUT2D eigenvalue weighted by molar-refractivity contribution is 0.962. The minimum Gasteiger partial charge on any atom is -0.287 e. The summed E-state index contributed by atoms with van der Waals surface area (Å²) in [7, 11) is 0. The zero-order valence-corrected chi connectivity index (χ0v) is 14.6. The molecule has 1 aromatic heterocycles. The summed E-state index contributed by atoms with van der Waals surface area (Å²) < 4.78 is 2.05. The van der Waals surface area contributed by atoms with Crippen molar-refractivity contribution in [2.75, 3.05) is 6.26 Å². The molecule has 1 heterocycles. The van der Waals surface area contributed by atoms with Crippen molar-refractivity contribution >= 4 is 46.6 Å². The number of hydrogen-bond donors (Lipinski definition) is 0. The number of imidazole rings is 1. The fourth-order valence-corrected chi connectivity index (χ4v) is 3.33. The molecule has 0 radical (unpaired) electrons. The van der Waals surface area contributed by atoms with Crippen molar-refractivity contribution in [2.45, 2.75) is 5.03 Å². The van der Waals surface area contributed by atoms with E-state index in [1.165, 1.54) is 0 Å². The van der Waals surface area contributed by atoms with Crippen LogP contribution in [0.25, 0.3) is 17.1 Å². The highest BCUT2D eigenvalue weighted by atomic mass is 35.5. The third kappa shape index (κ3) is 2.99. The molecule has 0 unspecified atom stereocenters. The van der Waals surface area contributed by atoms with Gasteiger partial charge in [0.05, 0.1) is 16.2 Å². The summed E-state index contributed by atoms with van der Waals surface area (Å²) in [6, 6.07) is 13.0. The minimum absolute atomic E-state index is 0.570. The molecule has 0 amide bonds. The predicted molar refractivity (Wildman–Crippen MR) is 95.8 cm³/mol. The molecule has 0 spiro atoms. The van der Waals surface area contributed by atoms with Crippen LogP contribution in [0.5, 0.6) is 0 Å². The highest BCUT2D eigenvalue weighted by Gasteiger charge is 2.15. The molecule has 3 aromatic rings. The highest BCUT2D eigenvalue weighted by Crippen LogP contribution is 2.34. The smallest absolute Gasteiger partial charge is 0.146 e. The highest BCUT2D eigenvalue weighted by molar-refractivity contribution is 7.98. The van der Waals surface area contributed by atoms with Crippen molar-refractivity contribution in [2.24, 2.45) is 0 Å².